The normalized spacial score (nSPS) is 13.0. The van der Waals surface area contributed by atoms with Gasteiger partial charge in [-0.2, -0.15) is 0 Å². The maximum Gasteiger partial charge on any atom is 0.197 e. The Kier molecular flexibility index (Phi) is 5.82. The van der Waals surface area contributed by atoms with Crippen LogP contribution in [-0.2, 0) is 0 Å². The molecule has 0 saturated carbocycles. The van der Waals surface area contributed by atoms with E-state index in [4.69, 9.17) is 17.3 Å². The van der Waals surface area contributed by atoms with Gasteiger partial charge in [-0.25, -0.2) is 8.78 Å². The summed E-state index contributed by atoms with van der Waals surface area (Å²) in [5, 5.41) is 11.3. The fourth-order valence-corrected chi connectivity index (χ4v) is 2.83. The summed E-state index contributed by atoms with van der Waals surface area (Å²) in [5.41, 5.74) is 6.19. The van der Waals surface area contributed by atoms with Gasteiger partial charge in [-0.05, 0) is 35.9 Å². The van der Waals surface area contributed by atoms with Crippen molar-refractivity contribution in [3.63, 3.8) is 0 Å². The van der Waals surface area contributed by atoms with E-state index in [1.54, 1.807) is 36.4 Å². The molecule has 0 aliphatic rings. The highest BCUT2D eigenvalue weighted by atomic mass is 35.5. The van der Waals surface area contributed by atoms with Crippen LogP contribution in [0.2, 0.25) is 5.02 Å². The lowest BCUT2D eigenvalue weighted by Crippen LogP contribution is -2.19. The Labute approximate surface area is 164 Å². The van der Waals surface area contributed by atoms with Crippen molar-refractivity contribution < 1.29 is 18.7 Å². The number of carbonyl (C=O) groups excluding carboxylic acids is 1. The van der Waals surface area contributed by atoms with Crippen LogP contribution in [0.15, 0.2) is 72.6 Å². The molecule has 0 fully saturated rings. The number of halogens is 3. The third-order valence-electron chi connectivity index (χ3n) is 4.14. The molecule has 1 heterocycles. The molecule has 0 aliphatic heterocycles. The minimum atomic E-state index is -1.47. The first-order chi connectivity index (χ1) is 13.4. The first-order valence-corrected chi connectivity index (χ1v) is 8.59. The van der Waals surface area contributed by atoms with Crippen LogP contribution in [0.25, 0.3) is 5.70 Å². The largest absolute Gasteiger partial charge is 0.398 e. The molecule has 4 nitrogen and oxygen atoms in total. The lowest BCUT2D eigenvalue weighted by Gasteiger charge is -2.18. The quantitative estimate of drug-likeness (QED) is 0.494. The van der Waals surface area contributed by atoms with E-state index in [0.717, 1.165) is 12.1 Å². The second kappa shape index (κ2) is 8.29. The molecule has 0 saturated heterocycles. The van der Waals surface area contributed by atoms with Crippen LogP contribution < -0.4 is 5.73 Å². The molecule has 1 atom stereocenters. The van der Waals surface area contributed by atoms with Crippen molar-refractivity contribution in [1.82, 2.24) is 4.98 Å². The summed E-state index contributed by atoms with van der Waals surface area (Å²) in [6, 6.07) is 12.0. The van der Waals surface area contributed by atoms with Crippen molar-refractivity contribution in [3.05, 3.63) is 106 Å². The lowest BCUT2D eigenvalue weighted by molar-refractivity contribution is 0.0984. The summed E-state index contributed by atoms with van der Waals surface area (Å²) in [6.45, 7) is 0. The topological polar surface area (TPSA) is 76.2 Å². The summed E-state index contributed by atoms with van der Waals surface area (Å²) in [4.78, 5) is 17.0. The molecule has 3 rings (SSSR count). The smallest absolute Gasteiger partial charge is 0.197 e. The maximum atomic E-state index is 14.2. The van der Waals surface area contributed by atoms with E-state index in [1.165, 1.54) is 12.4 Å². The van der Waals surface area contributed by atoms with E-state index in [1.807, 2.05) is 0 Å². The van der Waals surface area contributed by atoms with Gasteiger partial charge in [0.1, 0.15) is 17.7 Å². The molecule has 0 radical (unpaired) electrons. The van der Waals surface area contributed by atoms with E-state index >= 15 is 0 Å². The Morgan fingerprint density at radius 3 is 2.43 bits per heavy atom. The van der Waals surface area contributed by atoms with E-state index < -0.39 is 29.1 Å². The summed E-state index contributed by atoms with van der Waals surface area (Å²) in [5.74, 6) is -2.73. The molecule has 2 aromatic carbocycles. The van der Waals surface area contributed by atoms with Gasteiger partial charge in [-0.3, -0.25) is 9.78 Å². The number of hydrogen-bond donors (Lipinski definition) is 2. The number of benzene rings is 2. The molecule has 142 valence electrons. The molecule has 0 spiro atoms. The van der Waals surface area contributed by atoms with Crippen LogP contribution >= 0.6 is 11.6 Å². The van der Waals surface area contributed by atoms with Gasteiger partial charge in [-0.1, -0.05) is 29.8 Å². The minimum Gasteiger partial charge on any atom is -0.398 e. The highest BCUT2D eigenvalue weighted by Crippen LogP contribution is 2.30. The van der Waals surface area contributed by atoms with Crippen LogP contribution in [0.4, 0.5) is 8.78 Å². The zero-order chi connectivity index (χ0) is 20.3. The lowest BCUT2D eigenvalue weighted by atomic mass is 9.91. The van der Waals surface area contributed by atoms with Crippen molar-refractivity contribution in [2.24, 2.45) is 5.73 Å². The number of aromatic nitrogens is 1. The van der Waals surface area contributed by atoms with Crippen LogP contribution in [0.5, 0.6) is 0 Å². The van der Waals surface area contributed by atoms with E-state index in [0.29, 0.717) is 22.2 Å². The van der Waals surface area contributed by atoms with Gasteiger partial charge < -0.3 is 10.8 Å². The summed E-state index contributed by atoms with van der Waals surface area (Å²) < 4.78 is 27.4. The molecule has 0 amide bonds. The number of carbonyl (C=O) groups is 1. The van der Waals surface area contributed by atoms with Crippen LogP contribution in [-0.4, -0.2) is 15.9 Å². The van der Waals surface area contributed by atoms with E-state index in [2.05, 4.69) is 4.98 Å². The van der Waals surface area contributed by atoms with Gasteiger partial charge in [0.05, 0.1) is 11.1 Å². The van der Waals surface area contributed by atoms with Gasteiger partial charge >= 0.3 is 0 Å². The molecular formula is C21H15ClF2N2O2. The summed E-state index contributed by atoms with van der Waals surface area (Å²) in [7, 11) is 0. The van der Waals surface area contributed by atoms with E-state index in [-0.39, 0.29) is 11.3 Å². The number of nitrogens with zero attached hydrogens (tertiary/aromatic N) is 1. The van der Waals surface area contributed by atoms with E-state index in [9.17, 15) is 18.7 Å². The molecule has 3 N–H and O–H groups in total. The molecule has 3 aromatic rings. The number of nitrogens with two attached hydrogens (primary N) is 1. The monoisotopic (exact) mass is 400 g/mol. The number of aliphatic hydroxyl groups excluding tert-OH is 1. The minimum absolute atomic E-state index is 0.0539. The van der Waals surface area contributed by atoms with Crippen molar-refractivity contribution in [2.75, 3.05) is 0 Å². The van der Waals surface area contributed by atoms with Gasteiger partial charge in [0.2, 0.25) is 0 Å². The fraction of sp³-hybridized carbons (Fsp3) is 0.0476. The Hall–Kier alpha value is -3.09. The number of Topliss-reactive ketones (excluding diaryl/α,β-unsaturated/α-hetero) is 1. The number of pyridine rings is 1. The maximum absolute atomic E-state index is 14.2. The first-order valence-electron chi connectivity index (χ1n) is 8.22. The molecule has 1 aromatic heterocycles. The molecule has 1 unspecified atom stereocenters. The second-order valence-electron chi connectivity index (χ2n) is 5.98. The average Bonchev–Trinajstić information content (AvgIpc) is 2.69. The Balaban J connectivity index is 2.17. The molecule has 0 aliphatic carbocycles. The highest BCUT2D eigenvalue weighted by molar-refractivity contribution is 6.30. The van der Waals surface area contributed by atoms with Crippen molar-refractivity contribution in [3.8, 4) is 0 Å². The number of ketones is 1. The van der Waals surface area contributed by atoms with Crippen LogP contribution in [0.1, 0.15) is 27.6 Å². The van der Waals surface area contributed by atoms with Gasteiger partial charge in [0.15, 0.2) is 5.78 Å². The molecular weight excluding hydrogens is 386 g/mol. The molecule has 28 heavy (non-hydrogen) atoms. The number of aliphatic hydroxyl groups is 1. The zero-order valence-corrected chi connectivity index (χ0v) is 15.2. The van der Waals surface area contributed by atoms with Crippen molar-refractivity contribution in [2.45, 2.75) is 6.10 Å². The fourth-order valence-electron chi connectivity index (χ4n) is 2.70. The van der Waals surface area contributed by atoms with Gasteiger partial charge in [-0.15, -0.1) is 0 Å². The molecule has 0 bridgehead atoms. The summed E-state index contributed by atoms with van der Waals surface area (Å²) >= 11 is 5.88. The van der Waals surface area contributed by atoms with Crippen LogP contribution in [0.3, 0.4) is 0 Å². The van der Waals surface area contributed by atoms with Gasteiger partial charge in [0.25, 0.3) is 0 Å². The third kappa shape index (κ3) is 4.08. The zero-order valence-electron chi connectivity index (χ0n) is 14.4. The Morgan fingerprint density at radius 1 is 1.11 bits per heavy atom. The SMILES string of the molecule is NC(=C(C(=O)c1ccc(F)cc1F)C(O)c1cccnc1)c1ccc(Cl)cc1. The predicted molar refractivity (Wildman–Crippen MR) is 102 cm³/mol. The Morgan fingerprint density at radius 2 is 1.82 bits per heavy atom. The van der Waals surface area contributed by atoms with Crippen LogP contribution in [0, 0.1) is 11.6 Å². The predicted octanol–water partition coefficient (Wildman–Crippen LogP) is 4.30. The Bertz CT molecular complexity index is 1040. The first kappa shape index (κ1) is 19.7. The van der Waals surface area contributed by atoms with Crippen molar-refractivity contribution in [1.29, 1.82) is 0 Å². The average molecular weight is 401 g/mol. The number of hydrogen-bond acceptors (Lipinski definition) is 4. The summed E-state index contributed by atoms with van der Waals surface area (Å²) in [6.07, 6.45) is 1.40. The van der Waals surface area contributed by atoms with Crippen molar-refractivity contribution >= 4 is 23.1 Å². The highest BCUT2D eigenvalue weighted by Gasteiger charge is 2.27. The third-order valence-corrected chi connectivity index (χ3v) is 4.39. The molecule has 7 heteroatoms. The second-order valence-corrected chi connectivity index (χ2v) is 6.41. The number of rotatable bonds is 5. The van der Waals surface area contributed by atoms with Gasteiger partial charge in [0, 0.05) is 34.7 Å². The standard InChI is InChI=1S/C21H15ClF2N2O2/c22-14-5-3-12(4-6-14)19(25)18(20(27)13-2-1-9-26-11-13)21(28)16-8-7-15(23)10-17(16)24/h1-11,20,27H,25H2.